The molecule has 0 saturated heterocycles. The van der Waals surface area contributed by atoms with E-state index in [1.54, 1.807) is 24.0 Å². The van der Waals surface area contributed by atoms with Crippen LogP contribution in [0, 0.1) is 5.82 Å². The molecule has 2 aromatic rings. The summed E-state index contributed by atoms with van der Waals surface area (Å²) in [7, 11) is 1.77. The van der Waals surface area contributed by atoms with Crippen LogP contribution in [0.3, 0.4) is 0 Å². The first-order valence-electron chi connectivity index (χ1n) is 5.44. The van der Waals surface area contributed by atoms with E-state index in [0.717, 1.165) is 5.69 Å². The van der Waals surface area contributed by atoms with Gasteiger partial charge >= 0.3 is 0 Å². The molecule has 0 saturated carbocycles. The van der Waals surface area contributed by atoms with Gasteiger partial charge in [-0.1, -0.05) is 19.1 Å². The maximum absolute atomic E-state index is 13.1. The fourth-order valence-corrected chi connectivity index (χ4v) is 1.77. The highest BCUT2D eigenvalue weighted by molar-refractivity contribution is 6.09. The van der Waals surface area contributed by atoms with Crippen molar-refractivity contribution in [1.29, 1.82) is 0 Å². The summed E-state index contributed by atoms with van der Waals surface area (Å²) in [6, 6.07) is 5.71. The quantitative estimate of drug-likeness (QED) is 0.761. The molecule has 1 aromatic heterocycles. The van der Waals surface area contributed by atoms with Crippen LogP contribution in [0.2, 0.25) is 0 Å². The van der Waals surface area contributed by atoms with E-state index in [9.17, 15) is 9.18 Å². The zero-order valence-electron chi connectivity index (χ0n) is 9.77. The summed E-state index contributed by atoms with van der Waals surface area (Å²) < 4.78 is 14.7. The van der Waals surface area contributed by atoms with Crippen LogP contribution in [0.15, 0.2) is 30.5 Å². The van der Waals surface area contributed by atoms with Crippen LogP contribution in [-0.4, -0.2) is 15.6 Å². The monoisotopic (exact) mass is 232 g/mol. The molecule has 0 atom stereocenters. The molecule has 0 aliphatic carbocycles. The number of carbonyl (C=O) groups is 1. The van der Waals surface area contributed by atoms with Crippen LogP contribution in [0.1, 0.15) is 28.5 Å². The Morgan fingerprint density at radius 2 is 2.24 bits per heavy atom. The van der Waals surface area contributed by atoms with Crippen molar-refractivity contribution in [3.8, 4) is 0 Å². The van der Waals surface area contributed by atoms with Gasteiger partial charge in [0.15, 0.2) is 5.78 Å². The molecule has 1 aromatic carbocycles. The zero-order chi connectivity index (χ0) is 12.4. The second-order valence-electron chi connectivity index (χ2n) is 3.86. The molecule has 3 nitrogen and oxygen atoms in total. The number of halogens is 1. The van der Waals surface area contributed by atoms with E-state index in [1.165, 1.54) is 18.2 Å². The van der Waals surface area contributed by atoms with Gasteiger partial charge in [0, 0.05) is 18.8 Å². The minimum atomic E-state index is -0.405. The summed E-state index contributed by atoms with van der Waals surface area (Å²) >= 11 is 0. The van der Waals surface area contributed by atoms with Crippen LogP contribution in [-0.2, 0) is 13.5 Å². The molecule has 0 N–H and O–H groups in total. The third-order valence-electron chi connectivity index (χ3n) is 2.57. The van der Waals surface area contributed by atoms with E-state index in [-0.39, 0.29) is 5.78 Å². The van der Waals surface area contributed by atoms with E-state index in [0.29, 0.717) is 17.5 Å². The molecule has 0 spiro atoms. The van der Waals surface area contributed by atoms with Crippen molar-refractivity contribution in [1.82, 2.24) is 9.78 Å². The van der Waals surface area contributed by atoms with Crippen molar-refractivity contribution in [2.45, 2.75) is 13.3 Å². The van der Waals surface area contributed by atoms with Crippen LogP contribution in [0.4, 0.5) is 4.39 Å². The Bertz CT molecular complexity index is 560. The Kier molecular flexibility index (Phi) is 3.04. The number of aryl methyl sites for hydroxylation is 2. The van der Waals surface area contributed by atoms with Crippen molar-refractivity contribution in [2.75, 3.05) is 0 Å². The Hall–Kier alpha value is -1.97. The predicted molar refractivity (Wildman–Crippen MR) is 62.4 cm³/mol. The number of hydrogen-bond donors (Lipinski definition) is 0. The van der Waals surface area contributed by atoms with Gasteiger partial charge in [-0.3, -0.25) is 9.48 Å². The van der Waals surface area contributed by atoms with Gasteiger partial charge in [0.2, 0.25) is 0 Å². The maximum atomic E-state index is 13.1. The summed E-state index contributed by atoms with van der Waals surface area (Å²) in [6.45, 7) is 1.94. The van der Waals surface area contributed by atoms with E-state index in [2.05, 4.69) is 5.10 Å². The Balaban J connectivity index is 2.43. The molecule has 0 aliphatic rings. The highest BCUT2D eigenvalue weighted by Gasteiger charge is 2.16. The highest BCUT2D eigenvalue weighted by Crippen LogP contribution is 2.14. The van der Waals surface area contributed by atoms with Crippen molar-refractivity contribution >= 4 is 5.78 Å². The Labute approximate surface area is 98.9 Å². The molecular formula is C13H13FN2O. The highest BCUT2D eigenvalue weighted by atomic mass is 19.1. The van der Waals surface area contributed by atoms with E-state index < -0.39 is 5.82 Å². The molecule has 0 bridgehead atoms. The molecular weight excluding hydrogens is 219 g/mol. The van der Waals surface area contributed by atoms with Crippen molar-refractivity contribution in [3.63, 3.8) is 0 Å². The molecule has 0 amide bonds. The minimum Gasteiger partial charge on any atom is -0.288 e. The molecule has 2 rings (SSSR count). The lowest BCUT2D eigenvalue weighted by Gasteiger charge is -2.00. The number of ketones is 1. The van der Waals surface area contributed by atoms with Crippen LogP contribution >= 0.6 is 0 Å². The summed E-state index contributed by atoms with van der Waals surface area (Å²) in [5.74, 6) is -0.591. The smallest absolute Gasteiger partial charge is 0.196 e. The number of aromatic nitrogens is 2. The van der Waals surface area contributed by atoms with E-state index >= 15 is 0 Å². The van der Waals surface area contributed by atoms with Crippen molar-refractivity contribution in [3.05, 3.63) is 53.1 Å². The van der Waals surface area contributed by atoms with E-state index in [1.807, 2.05) is 6.92 Å². The lowest BCUT2D eigenvalue weighted by Crippen LogP contribution is -2.03. The molecule has 88 valence electrons. The summed E-state index contributed by atoms with van der Waals surface area (Å²) in [5.41, 5.74) is 1.63. The SMILES string of the molecule is CCc1nn(C)cc1C(=O)c1cccc(F)c1. The standard InChI is InChI=1S/C13H13FN2O/c1-3-12-11(8-16(2)15-12)13(17)9-5-4-6-10(14)7-9/h4-8H,3H2,1-2H3. The summed E-state index contributed by atoms with van der Waals surface area (Å²) in [5, 5.41) is 4.20. The van der Waals surface area contributed by atoms with Crippen LogP contribution < -0.4 is 0 Å². The third kappa shape index (κ3) is 2.25. The molecule has 0 unspecified atom stereocenters. The normalized spacial score (nSPS) is 10.5. The molecule has 4 heteroatoms. The van der Waals surface area contributed by atoms with Gasteiger partial charge in [0.1, 0.15) is 5.82 Å². The number of rotatable bonds is 3. The zero-order valence-corrected chi connectivity index (χ0v) is 9.77. The average Bonchev–Trinajstić information content (AvgIpc) is 2.69. The minimum absolute atomic E-state index is 0.186. The maximum Gasteiger partial charge on any atom is 0.196 e. The second-order valence-corrected chi connectivity index (χ2v) is 3.86. The number of nitrogens with zero attached hydrogens (tertiary/aromatic N) is 2. The van der Waals surface area contributed by atoms with Gasteiger partial charge in [-0.05, 0) is 18.6 Å². The van der Waals surface area contributed by atoms with E-state index in [4.69, 9.17) is 0 Å². The Morgan fingerprint density at radius 1 is 1.47 bits per heavy atom. The summed E-state index contributed by atoms with van der Waals surface area (Å²) in [6.07, 6.45) is 2.35. The van der Waals surface area contributed by atoms with Gasteiger partial charge < -0.3 is 0 Å². The predicted octanol–water partition coefficient (Wildman–Crippen LogP) is 2.35. The summed E-state index contributed by atoms with van der Waals surface area (Å²) in [4.78, 5) is 12.2. The number of hydrogen-bond acceptors (Lipinski definition) is 2. The molecule has 0 aliphatic heterocycles. The van der Waals surface area contributed by atoms with Gasteiger partial charge in [-0.15, -0.1) is 0 Å². The largest absolute Gasteiger partial charge is 0.288 e. The topological polar surface area (TPSA) is 34.9 Å². The van der Waals surface area contributed by atoms with Crippen molar-refractivity contribution in [2.24, 2.45) is 7.05 Å². The lowest BCUT2D eigenvalue weighted by atomic mass is 10.0. The van der Waals surface area contributed by atoms with Gasteiger partial charge in [0.05, 0.1) is 11.3 Å². The Morgan fingerprint density at radius 3 is 2.88 bits per heavy atom. The first-order valence-corrected chi connectivity index (χ1v) is 5.44. The molecule has 0 radical (unpaired) electrons. The average molecular weight is 232 g/mol. The number of carbonyl (C=O) groups excluding carboxylic acids is 1. The third-order valence-corrected chi connectivity index (χ3v) is 2.57. The lowest BCUT2D eigenvalue weighted by molar-refractivity contribution is 0.103. The first-order chi connectivity index (χ1) is 8.11. The first kappa shape index (κ1) is 11.5. The molecule has 1 heterocycles. The van der Waals surface area contributed by atoms with Crippen molar-refractivity contribution < 1.29 is 9.18 Å². The van der Waals surface area contributed by atoms with Crippen LogP contribution in [0.25, 0.3) is 0 Å². The fraction of sp³-hybridized carbons (Fsp3) is 0.231. The number of benzene rings is 1. The second kappa shape index (κ2) is 4.49. The molecule has 0 fully saturated rings. The van der Waals surface area contributed by atoms with Crippen LogP contribution in [0.5, 0.6) is 0 Å². The van der Waals surface area contributed by atoms with Gasteiger partial charge in [-0.2, -0.15) is 5.10 Å². The van der Waals surface area contributed by atoms with Gasteiger partial charge in [0.25, 0.3) is 0 Å². The fourth-order valence-electron chi connectivity index (χ4n) is 1.77. The molecule has 17 heavy (non-hydrogen) atoms. The van der Waals surface area contributed by atoms with Gasteiger partial charge in [-0.25, -0.2) is 4.39 Å².